The van der Waals surface area contributed by atoms with Crippen LogP contribution in [0.5, 0.6) is 0 Å². The molecule has 4 heteroatoms. The van der Waals surface area contributed by atoms with Crippen LogP contribution in [0.4, 0.5) is 0 Å². The summed E-state index contributed by atoms with van der Waals surface area (Å²) in [5.41, 5.74) is 1.47. The Kier molecular flexibility index (Phi) is 5.28. The summed E-state index contributed by atoms with van der Waals surface area (Å²) in [6, 6.07) is 9.55. The predicted octanol–water partition coefficient (Wildman–Crippen LogP) is 2.86. The van der Waals surface area contributed by atoms with Crippen LogP contribution in [0.25, 0.3) is 10.9 Å². The number of hydrogen-bond acceptors (Lipinski definition) is 3. The number of nitrogens with zero attached hydrogens (tertiary/aromatic N) is 2. The van der Waals surface area contributed by atoms with E-state index in [4.69, 9.17) is 0 Å². The zero-order valence-corrected chi connectivity index (χ0v) is 12.6. The zero-order valence-electron chi connectivity index (χ0n) is 12.6. The number of hydrogen-bond donors (Lipinski definition) is 1. The molecule has 0 aliphatic heterocycles. The van der Waals surface area contributed by atoms with Crippen molar-refractivity contribution < 1.29 is 9.90 Å². The third-order valence-corrected chi connectivity index (χ3v) is 3.86. The summed E-state index contributed by atoms with van der Waals surface area (Å²) in [6.07, 6.45) is 3.43. The maximum Gasteiger partial charge on any atom is 0.254 e. The highest BCUT2D eigenvalue weighted by atomic mass is 16.3. The average Bonchev–Trinajstić information content (AvgIpc) is 2.54. The molecule has 112 valence electrons. The monoisotopic (exact) mass is 286 g/mol. The van der Waals surface area contributed by atoms with E-state index in [-0.39, 0.29) is 18.6 Å². The number of pyridine rings is 1. The molecule has 0 saturated heterocycles. The topological polar surface area (TPSA) is 53.4 Å². The lowest BCUT2D eigenvalue weighted by atomic mass is 10.0. The maximum absolute atomic E-state index is 12.9. The third kappa shape index (κ3) is 3.22. The quantitative estimate of drug-likeness (QED) is 0.888. The summed E-state index contributed by atoms with van der Waals surface area (Å²) in [5, 5.41) is 10.1. The van der Waals surface area contributed by atoms with E-state index in [2.05, 4.69) is 18.8 Å². The molecule has 0 fully saturated rings. The van der Waals surface area contributed by atoms with E-state index in [1.54, 1.807) is 17.2 Å². The van der Waals surface area contributed by atoms with Gasteiger partial charge in [0.25, 0.3) is 5.91 Å². The van der Waals surface area contributed by atoms with Crippen molar-refractivity contribution in [2.75, 3.05) is 13.2 Å². The smallest absolute Gasteiger partial charge is 0.254 e. The average molecular weight is 286 g/mol. The summed E-state index contributed by atoms with van der Waals surface area (Å²) in [4.78, 5) is 19.0. The second kappa shape index (κ2) is 7.18. The van der Waals surface area contributed by atoms with Gasteiger partial charge in [0.2, 0.25) is 0 Å². The van der Waals surface area contributed by atoms with Crippen molar-refractivity contribution in [1.82, 2.24) is 9.88 Å². The highest BCUT2D eigenvalue weighted by Gasteiger charge is 2.23. The van der Waals surface area contributed by atoms with E-state index in [9.17, 15) is 9.90 Å². The van der Waals surface area contributed by atoms with Crippen LogP contribution in [0.15, 0.2) is 36.5 Å². The zero-order chi connectivity index (χ0) is 15.2. The van der Waals surface area contributed by atoms with Crippen molar-refractivity contribution in [3.63, 3.8) is 0 Å². The van der Waals surface area contributed by atoms with E-state index >= 15 is 0 Å². The standard InChI is InChI=1S/C17H22N2O2/c1-3-13(4-2)19(11-12-20)17(21)15-9-10-18-16-8-6-5-7-14(15)16/h5-10,13,20H,3-4,11-12H2,1-2H3. The Morgan fingerprint density at radius 1 is 1.24 bits per heavy atom. The Balaban J connectivity index is 2.43. The summed E-state index contributed by atoms with van der Waals surface area (Å²) < 4.78 is 0. The molecule has 1 heterocycles. The number of rotatable bonds is 6. The van der Waals surface area contributed by atoms with E-state index in [0.717, 1.165) is 23.7 Å². The molecule has 0 atom stereocenters. The summed E-state index contributed by atoms with van der Waals surface area (Å²) >= 11 is 0. The Bertz CT molecular complexity index is 603. The van der Waals surface area contributed by atoms with Crippen LogP contribution in [-0.4, -0.2) is 40.1 Å². The molecule has 0 aliphatic rings. The van der Waals surface area contributed by atoms with Gasteiger partial charge in [-0.3, -0.25) is 9.78 Å². The van der Waals surface area contributed by atoms with Crippen molar-refractivity contribution in [2.45, 2.75) is 32.7 Å². The molecule has 1 aromatic carbocycles. The fourth-order valence-corrected chi connectivity index (χ4v) is 2.72. The first-order valence-electron chi connectivity index (χ1n) is 7.48. The molecule has 21 heavy (non-hydrogen) atoms. The van der Waals surface area contributed by atoms with Crippen LogP contribution in [-0.2, 0) is 0 Å². The minimum absolute atomic E-state index is 0.0226. The number of aliphatic hydroxyl groups excluding tert-OH is 1. The number of para-hydroxylation sites is 1. The van der Waals surface area contributed by atoms with E-state index in [0.29, 0.717) is 12.1 Å². The molecular formula is C17H22N2O2. The number of fused-ring (bicyclic) bond motifs is 1. The molecule has 1 amide bonds. The molecule has 0 unspecified atom stereocenters. The maximum atomic E-state index is 12.9. The molecule has 0 aliphatic carbocycles. The molecular weight excluding hydrogens is 264 g/mol. The van der Waals surface area contributed by atoms with Crippen LogP contribution in [0.2, 0.25) is 0 Å². The van der Waals surface area contributed by atoms with Gasteiger partial charge in [0.1, 0.15) is 0 Å². The Morgan fingerprint density at radius 3 is 2.62 bits per heavy atom. The normalized spacial score (nSPS) is 11.0. The number of amides is 1. The van der Waals surface area contributed by atoms with Crippen LogP contribution in [0, 0.1) is 0 Å². The van der Waals surface area contributed by atoms with Crippen molar-refractivity contribution in [3.8, 4) is 0 Å². The van der Waals surface area contributed by atoms with Gasteiger partial charge < -0.3 is 10.0 Å². The number of carbonyl (C=O) groups excluding carboxylic acids is 1. The van der Waals surface area contributed by atoms with Gasteiger partial charge in [-0.1, -0.05) is 32.0 Å². The highest BCUT2D eigenvalue weighted by molar-refractivity contribution is 6.06. The van der Waals surface area contributed by atoms with Crippen LogP contribution >= 0.6 is 0 Å². The lowest BCUT2D eigenvalue weighted by Gasteiger charge is -2.30. The first-order chi connectivity index (χ1) is 10.2. The van der Waals surface area contributed by atoms with Gasteiger partial charge in [0.05, 0.1) is 17.7 Å². The van der Waals surface area contributed by atoms with E-state index in [1.165, 1.54) is 0 Å². The Morgan fingerprint density at radius 2 is 1.95 bits per heavy atom. The van der Waals surface area contributed by atoms with Crippen LogP contribution in [0.3, 0.4) is 0 Å². The summed E-state index contributed by atoms with van der Waals surface area (Å²) in [5.74, 6) is -0.0312. The van der Waals surface area contributed by atoms with Gasteiger partial charge in [-0.25, -0.2) is 0 Å². The van der Waals surface area contributed by atoms with Gasteiger partial charge in [-0.15, -0.1) is 0 Å². The Hall–Kier alpha value is -1.94. The molecule has 1 aromatic heterocycles. The molecule has 1 N–H and O–H groups in total. The van der Waals surface area contributed by atoms with Gasteiger partial charge >= 0.3 is 0 Å². The second-order valence-corrected chi connectivity index (χ2v) is 5.07. The summed E-state index contributed by atoms with van der Waals surface area (Å²) in [6.45, 7) is 4.47. The lowest BCUT2D eigenvalue weighted by Crippen LogP contribution is -2.41. The van der Waals surface area contributed by atoms with E-state index in [1.807, 2.05) is 24.3 Å². The van der Waals surface area contributed by atoms with Gasteiger partial charge in [0, 0.05) is 24.2 Å². The van der Waals surface area contributed by atoms with Gasteiger partial charge in [-0.2, -0.15) is 0 Å². The van der Waals surface area contributed by atoms with Crippen molar-refractivity contribution >= 4 is 16.8 Å². The molecule has 2 rings (SSSR count). The largest absolute Gasteiger partial charge is 0.395 e. The van der Waals surface area contributed by atoms with Gasteiger partial charge in [0.15, 0.2) is 0 Å². The lowest BCUT2D eigenvalue weighted by molar-refractivity contribution is 0.0624. The fourth-order valence-electron chi connectivity index (χ4n) is 2.72. The first kappa shape index (κ1) is 15.4. The first-order valence-corrected chi connectivity index (χ1v) is 7.48. The predicted molar refractivity (Wildman–Crippen MR) is 84.2 cm³/mol. The van der Waals surface area contributed by atoms with Crippen LogP contribution in [0.1, 0.15) is 37.0 Å². The Labute approximate surface area is 125 Å². The molecule has 0 saturated carbocycles. The number of benzene rings is 1. The fraction of sp³-hybridized carbons (Fsp3) is 0.412. The number of aromatic nitrogens is 1. The molecule has 0 spiro atoms. The minimum atomic E-state index is -0.0312. The van der Waals surface area contributed by atoms with Gasteiger partial charge in [-0.05, 0) is 25.0 Å². The van der Waals surface area contributed by atoms with Crippen LogP contribution < -0.4 is 0 Å². The van der Waals surface area contributed by atoms with E-state index < -0.39 is 0 Å². The number of carbonyl (C=O) groups is 1. The second-order valence-electron chi connectivity index (χ2n) is 5.07. The highest BCUT2D eigenvalue weighted by Crippen LogP contribution is 2.20. The third-order valence-electron chi connectivity index (χ3n) is 3.86. The minimum Gasteiger partial charge on any atom is -0.395 e. The SMILES string of the molecule is CCC(CC)N(CCO)C(=O)c1ccnc2ccccc12. The molecule has 0 bridgehead atoms. The summed E-state index contributed by atoms with van der Waals surface area (Å²) in [7, 11) is 0. The molecule has 0 radical (unpaired) electrons. The van der Waals surface area contributed by atoms with Crippen molar-refractivity contribution in [1.29, 1.82) is 0 Å². The van der Waals surface area contributed by atoms with Crippen molar-refractivity contribution in [3.05, 3.63) is 42.1 Å². The molecule has 2 aromatic rings. The number of aliphatic hydroxyl groups is 1. The van der Waals surface area contributed by atoms with Crippen molar-refractivity contribution in [2.24, 2.45) is 0 Å². The molecule has 4 nitrogen and oxygen atoms in total.